The Morgan fingerprint density at radius 3 is 2.33 bits per heavy atom. The summed E-state index contributed by atoms with van der Waals surface area (Å²) in [7, 11) is 0. The van der Waals surface area contributed by atoms with Crippen molar-refractivity contribution in [2.75, 3.05) is 45.8 Å². The van der Waals surface area contributed by atoms with Crippen LogP contribution in [0.5, 0.6) is 0 Å². The average Bonchev–Trinajstić information content (AvgIpc) is 3.14. The van der Waals surface area contributed by atoms with E-state index in [1.54, 1.807) is 0 Å². The highest BCUT2D eigenvalue weighted by Crippen LogP contribution is 2.28. The quantitative estimate of drug-likeness (QED) is 0.698. The molecule has 1 saturated carbocycles. The molecular formula is C15H31N3. The number of hydrogen-bond donors (Lipinski definition) is 1. The molecule has 18 heavy (non-hydrogen) atoms. The van der Waals surface area contributed by atoms with Gasteiger partial charge in [-0.15, -0.1) is 0 Å². The molecule has 0 unspecified atom stereocenters. The van der Waals surface area contributed by atoms with Crippen molar-refractivity contribution in [1.29, 1.82) is 0 Å². The van der Waals surface area contributed by atoms with Gasteiger partial charge in [0.05, 0.1) is 0 Å². The van der Waals surface area contributed by atoms with Crippen LogP contribution in [0.2, 0.25) is 0 Å². The molecular weight excluding hydrogens is 222 g/mol. The van der Waals surface area contributed by atoms with E-state index in [0.717, 1.165) is 19.1 Å². The summed E-state index contributed by atoms with van der Waals surface area (Å²) in [5, 5.41) is 3.56. The molecule has 0 aromatic carbocycles. The molecule has 0 radical (unpaired) electrons. The van der Waals surface area contributed by atoms with Crippen LogP contribution in [-0.4, -0.2) is 61.7 Å². The lowest BCUT2D eigenvalue weighted by atomic mass is 9.92. The Kier molecular flexibility index (Phi) is 5.05. The van der Waals surface area contributed by atoms with Crippen molar-refractivity contribution >= 4 is 0 Å². The normalized spacial score (nSPS) is 23.5. The summed E-state index contributed by atoms with van der Waals surface area (Å²) in [6.07, 6.45) is 4.13. The van der Waals surface area contributed by atoms with E-state index < -0.39 is 0 Å². The second-order valence-electron chi connectivity index (χ2n) is 6.88. The molecule has 0 atom stereocenters. The number of piperazine rings is 1. The fourth-order valence-corrected chi connectivity index (χ4v) is 2.99. The maximum absolute atomic E-state index is 3.56. The summed E-state index contributed by atoms with van der Waals surface area (Å²) < 4.78 is 0. The first-order valence-electron chi connectivity index (χ1n) is 7.78. The van der Waals surface area contributed by atoms with Gasteiger partial charge < -0.3 is 10.2 Å². The molecule has 3 heteroatoms. The Labute approximate surface area is 113 Å². The zero-order valence-electron chi connectivity index (χ0n) is 12.5. The lowest BCUT2D eigenvalue weighted by Gasteiger charge is -2.39. The van der Waals surface area contributed by atoms with Crippen LogP contribution < -0.4 is 5.32 Å². The van der Waals surface area contributed by atoms with Crippen LogP contribution in [0.3, 0.4) is 0 Å². The molecule has 2 aliphatic rings. The van der Waals surface area contributed by atoms with E-state index in [0.29, 0.717) is 5.41 Å². The first-order chi connectivity index (χ1) is 8.61. The molecule has 1 heterocycles. The van der Waals surface area contributed by atoms with Crippen LogP contribution in [0, 0.1) is 5.41 Å². The van der Waals surface area contributed by atoms with Gasteiger partial charge in [0.15, 0.2) is 0 Å². The largest absolute Gasteiger partial charge is 0.316 e. The van der Waals surface area contributed by atoms with E-state index >= 15 is 0 Å². The van der Waals surface area contributed by atoms with Gasteiger partial charge in [-0.05, 0) is 31.2 Å². The van der Waals surface area contributed by atoms with Gasteiger partial charge in [0, 0.05) is 45.3 Å². The first kappa shape index (κ1) is 14.3. The van der Waals surface area contributed by atoms with Gasteiger partial charge in [-0.25, -0.2) is 0 Å². The van der Waals surface area contributed by atoms with Gasteiger partial charge in [-0.2, -0.15) is 0 Å². The van der Waals surface area contributed by atoms with Crippen LogP contribution in [0.1, 0.15) is 40.0 Å². The van der Waals surface area contributed by atoms with Crippen molar-refractivity contribution in [3.63, 3.8) is 0 Å². The van der Waals surface area contributed by atoms with Gasteiger partial charge in [-0.1, -0.05) is 20.8 Å². The molecule has 2 fully saturated rings. The minimum atomic E-state index is 0.400. The van der Waals surface area contributed by atoms with Crippen LogP contribution in [0.4, 0.5) is 0 Å². The Hall–Kier alpha value is -0.120. The maximum atomic E-state index is 3.56. The Bertz CT molecular complexity index is 240. The Balaban J connectivity index is 1.65. The van der Waals surface area contributed by atoms with E-state index in [1.807, 2.05) is 0 Å². The molecule has 1 N–H and O–H groups in total. The molecule has 1 aliphatic carbocycles. The standard InChI is InChI=1S/C15H31N3/c1-4-7-16-12-15(2,3)13-17-8-10-18(11-9-17)14-5-6-14/h14,16H,4-13H2,1-3H3. The summed E-state index contributed by atoms with van der Waals surface area (Å²) in [5.41, 5.74) is 0.400. The highest BCUT2D eigenvalue weighted by atomic mass is 15.3. The fraction of sp³-hybridized carbons (Fsp3) is 1.00. The SMILES string of the molecule is CCCNCC(C)(C)CN1CCN(C2CC2)CC1. The molecule has 2 rings (SSSR count). The predicted molar refractivity (Wildman–Crippen MR) is 78.0 cm³/mol. The molecule has 0 spiro atoms. The monoisotopic (exact) mass is 253 g/mol. The molecule has 0 aromatic heterocycles. The van der Waals surface area contributed by atoms with E-state index in [-0.39, 0.29) is 0 Å². The van der Waals surface area contributed by atoms with Gasteiger partial charge >= 0.3 is 0 Å². The van der Waals surface area contributed by atoms with E-state index in [1.165, 1.54) is 52.0 Å². The zero-order valence-corrected chi connectivity index (χ0v) is 12.5. The molecule has 3 nitrogen and oxygen atoms in total. The second kappa shape index (κ2) is 6.36. The zero-order chi connectivity index (χ0) is 13.0. The lowest BCUT2D eigenvalue weighted by molar-refractivity contribution is 0.0924. The number of nitrogens with one attached hydrogen (secondary N) is 1. The summed E-state index contributed by atoms with van der Waals surface area (Å²) in [5.74, 6) is 0. The number of rotatable bonds is 7. The third-order valence-electron chi connectivity index (χ3n) is 4.15. The molecule has 1 aliphatic heterocycles. The van der Waals surface area contributed by atoms with Crippen molar-refractivity contribution in [3.8, 4) is 0 Å². The second-order valence-corrected chi connectivity index (χ2v) is 6.88. The lowest BCUT2D eigenvalue weighted by Crippen LogP contribution is -2.50. The molecule has 106 valence electrons. The average molecular weight is 253 g/mol. The van der Waals surface area contributed by atoms with Crippen LogP contribution in [0.15, 0.2) is 0 Å². The molecule has 0 bridgehead atoms. The Morgan fingerprint density at radius 2 is 1.78 bits per heavy atom. The topological polar surface area (TPSA) is 18.5 Å². The first-order valence-corrected chi connectivity index (χ1v) is 7.78. The van der Waals surface area contributed by atoms with Crippen LogP contribution in [-0.2, 0) is 0 Å². The number of nitrogens with zero attached hydrogens (tertiary/aromatic N) is 2. The van der Waals surface area contributed by atoms with E-state index in [2.05, 4.69) is 35.9 Å². The molecule has 0 amide bonds. The van der Waals surface area contributed by atoms with Gasteiger partial charge in [0.25, 0.3) is 0 Å². The highest BCUT2D eigenvalue weighted by Gasteiger charge is 2.32. The number of hydrogen-bond acceptors (Lipinski definition) is 3. The smallest absolute Gasteiger partial charge is 0.0113 e. The van der Waals surface area contributed by atoms with Crippen LogP contribution in [0.25, 0.3) is 0 Å². The van der Waals surface area contributed by atoms with E-state index in [4.69, 9.17) is 0 Å². The summed E-state index contributed by atoms with van der Waals surface area (Å²) >= 11 is 0. The van der Waals surface area contributed by atoms with Crippen LogP contribution >= 0.6 is 0 Å². The van der Waals surface area contributed by atoms with Gasteiger partial charge in [0.1, 0.15) is 0 Å². The van der Waals surface area contributed by atoms with Gasteiger partial charge in [0.2, 0.25) is 0 Å². The van der Waals surface area contributed by atoms with E-state index in [9.17, 15) is 0 Å². The van der Waals surface area contributed by atoms with Gasteiger partial charge in [-0.3, -0.25) is 4.90 Å². The summed E-state index contributed by atoms with van der Waals surface area (Å²) in [6, 6.07) is 0.950. The molecule has 0 aromatic rings. The third-order valence-corrected chi connectivity index (χ3v) is 4.15. The fourth-order valence-electron chi connectivity index (χ4n) is 2.99. The Morgan fingerprint density at radius 1 is 1.11 bits per heavy atom. The van der Waals surface area contributed by atoms with Crippen molar-refractivity contribution < 1.29 is 0 Å². The minimum Gasteiger partial charge on any atom is -0.316 e. The third kappa shape index (κ3) is 4.52. The van der Waals surface area contributed by atoms with Crippen molar-refractivity contribution in [2.45, 2.75) is 46.1 Å². The van der Waals surface area contributed by atoms with Crippen molar-refractivity contribution in [3.05, 3.63) is 0 Å². The summed E-state index contributed by atoms with van der Waals surface area (Å²) in [4.78, 5) is 5.35. The van der Waals surface area contributed by atoms with Crippen molar-refractivity contribution in [2.24, 2.45) is 5.41 Å². The minimum absolute atomic E-state index is 0.400. The maximum Gasteiger partial charge on any atom is 0.0113 e. The summed E-state index contributed by atoms with van der Waals surface area (Å²) in [6.45, 7) is 15.7. The van der Waals surface area contributed by atoms with Crippen molar-refractivity contribution in [1.82, 2.24) is 15.1 Å². The molecule has 1 saturated heterocycles. The predicted octanol–water partition coefficient (Wildman–Crippen LogP) is 1.79. The highest BCUT2D eigenvalue weighted by molar-refractivity contribution is 4.88.